The Balaban J connectivity index is 2.04. The molecule has 1 saturated heterocycles. The molecule has 1 N–H and O–H groups in total. The highest BCUT2D eigenvalue weighted by Gasteiger charge is 2.48. The summed E-state index contributed by atoms with van der Waals surface area (Å²) in [6.07, 6.45) is -4.68. The summed E-state index contributed by atoms with van der Waals surface area (Å²) in [6.45, 7) is 0. The van der Waals surface area contributed by atoms with Gasteiger partial charge in [-0.05, 0) is 25.0 Å². The Labute approximate surface area is 119 Å². The van der Waals surface area contributed by atoms with Crippen LogP contribution in [0.15, 0.2) is 30.3 Å². The van der Waals surface area contributed by atoms with Crippen molar-refractivity contribution in [3.05, 3.63) is 35.9 Å². The molecular formula is C14H15F3N2O2. The van der Waals surface area contributed by atoms with Gasteiger partial charge in [-0.25, -0.2) is 0 Å². The van der Waals surface area contributed by atoms with Crippen LogP contribution in [0.2, 0.25) is 0 Å². The summed E-state index contributed by atoms with van der Waals surface area (Å²) in [5, 5.41) is 2.49. The molecule has 0 bridgehead atoms. The Kier molecular flexibility index (Phi) is 4.20. The van der Waals surface area contributed by atoms with Crippen molar-refractivity contribution in [2.75, 3.05) is 7.05 Å². The first kappa shape index (κ1) is 15.3. The molecule has 0 saturated carbocycles. The smallest absolute Gasteiger partial charge is 0.340 e. The number of carbonyl (C=O) groups excluding carboxylic acids is 2. The third-order valence-corrected chi connectivity index (χ3v) is 3.56. The van der Waals surface area contributed by atoms with E-state index in [4.69, 9.17) is 0 Å². The second-order valence-electron chi connectivity index (χ2n) is 4.98. The molecule has 1 aliphatic heterocycles. The summed E-state index contributed by atoms with van der Waals surface area (Å²) < 4.78 is 38.2. The van der Waals surface area contributed by atoms with Crippen molar-refractivity contribution < 1.29 is 22.8 Å². The second-order valence-corrected chi connectivity index (χ2v) is 4.98. The number of piperidine rings is 1. The summed E-state index contributed by atoms with van der Waals surface area (Å²) in [5.74, 6) is -1.18. The van der Waals surface area contributed by atoms with Crippen LogP contribution in [0.4, 0.5) is 13.2 Å². The molecule has 1 aromatic rings. The number of likely N-dealkylation sites (N-methyl/N-ethyl adjacent to an activating group) is 1. The van der Waals surface area contributed by atoms with Gasteiger partial charge in [0, 0.05) is 12.6 Å². The zero-order chi connectivity index (χ0) is 15.6. The van der Waals surface area contributed by atoms with E-state index in [0.29, 0.717) is 10.5 Å². The number of alkyl halides is 3. The molecule has 2 amide bonds. The van der Waals surface area contributed by atoms with Gasteiger partial charge in [0.1, 0.15) is 12.1 Å². The Morgan fingerprint density at radius 2 is 1.86 bits per heavy atom. The first-order chi connectivity index (χ1) is 9.80. The molecule has 21 heavy (non-hydrogen) atoms. The molecule has 1 aliphatic rings. The fourth-order valence-electron chi connectivity index (χ4n) is 2.39. The highest BCUT2D eigenvalue weighted by atomic mass is 19.4. The Morgan fingerprint density at radius 3 is 2.43 bits per heavy atom. The average Bonchev–Trinajstić information content (AvgIpc) is 2.43. The van der Waals surface area contributed by atoms with Gasteiger partial charge in [0.15, 0.2) is 0 Å². The quantitative estimate of drug-likeness (QED) is 0.908. The van der Waals surface area contributed by atoms with Gasteiger partial charge in [-0.15, -0.1) is 0 Å². The highest BCUT2D eigenvalue weighted by Crippen LogP contribution is 2.31. The molecule has 7 heteroatoms. The number of nitrogens with one attached hydrogen (secondary N) is 1. The van der Waals surface area contributed by atoms with Crippen molar-refractivity contribution in [3.8, 4) is 0 Å². The van der Waals surface area contributed by atoms with E-state index in [2.05, 4.69) is 5.32 Å². The Hall–Kier alpha value is -2.05. The lowest BCUT2D eigenvalue weighted by atomic mass is 9.97. The van der Waals surface area contributed by atoms with Crippen molar-refractivity contribution in [2.24, 2.45) is 0 Å². The second kappa shape index (κ2) is 5.75. The number of amides is 2. The standard InChI is InChI=1S/C14H15F3N2O2/c1-19-11(14(15,16)17)8-7-10(13(19)21)18-12(20)9-5-3-2-4-6-9/h2-6,10-11H,7-8H2,1H3,(H,18,20)/t10-,11-/m1/s1. The summed E-state index contributed by atoms with van der Waals surface area (Å²) >= 11 is 0. The van der Waals surface area contributed by atoms with Gasteiger partial charge in [-0.3, -0.25) is 9.59 Å². The van der Waals surface area contributed by atoms with Crippen molar-refractivity contribution in [1.29, 1.82) is 0 Å². The van der Waals surface area contributed by atoms with Crippen LogP contribution >= 0.6 is 0 Å². The number of rotatable bonds is 2. The largest absolute Gasteiger partial charge is 0.408 e. The fraction of sp³-hybridized carbons (Fsp3) is 0.429. The minimum Gasteiger partial charge on any atom is -0.340 e. The summed E-state index contributed by atoms with van der Waals surface area (Å²) in [4.78, 5) is 24.6. The number of nitrogens with zero attached hydrogens (tertiary/aromatic N) is 1. The van der Waals surface area contributed by atoms with Gasteiger partial charge in [-0.2, -0.15) is 13.2 Å². The molecule has 0 aromatic heterocycles. The van der Waals surface area contributed by atoms with E-state index >= 15 is 0 Å². The molecule has 1 fully saturated rings. The summed E-state index contributed by atoms with van der Waals surface area (Å²) in [7, 11) is 1.11. The zero-order valence-corrected chi connectivity index (χ0v) is 11.4. The number of likely N-dealkylation sites (tertiary alicyclic amines) is 1. The first-order valence-corrected chi connectivity index (χ1v) is 6.50. The van der Waals surface area contributed by atoms with Gasteiger partial charge in [0.05, 0.1) is 0 Å². The van der Waals surface area contributed by atoms with E-state index < -0.39 is 30.1 Å². The summed E-state index contributed by atoms with van der Waals surface area (Å²) in [6, 6.07) is 5.53. The number of carbonyl (C=O) groups is 2. The normalized spacial score (nSPS) is 23.0. The molecule has 1 aromatic carbocycles. The molecular weight excluding hydrogens is 285 g/mol. The summed E-state index contributed by atoms with van der Waals surface area (Å²) in [5.41, 5.74) is 0.367. The lowest BCUT2D eigenvalue weighted by Gasteiger charge is -2.37. The van der Waals surface area contributed by atoms with Crippen LogP contribution in [0, 0.1) is 0 Å². The van der Waals surface area contributed by atoms with E-state index in [9.17, 15) is 22.8 Å². The van der Waals surface area contributed by atoms with Gasteiger partial charge in [-0.1, -0.05) is 18.2 Å². The molecule has 0 radical (unpaired) electrons. The van der Waals surface area contributed by atoms with Crippen molar-refractivity contribution >= 4 is 11.8 Å². The van der Waals surface area contributed by atoms with Crippen LogP contribution in [0.1, 0.15) is 23.2 Å². The molecule has 2 atom stereocenters. The van der Waals surface area contributed by atoms with Crippen LogP contribution in [0.25, 0.3) is 0 Å². The number of halogens is 3. The molecule has 114 valence electrons. The number of hydrogen-bond donors (Lipinski definition) is 1. The van der Waals surface area contributed by atoms with Gasteiger partial charge in [0.2, 0.25) is 5.91 Å². The highest BCUT2D eigenvalue weighted by molar-refractivity contribution is 5.97. The minimum atomic E-state index is -4.45. The molecule has 1 heterocycles. The van der Waals surface area contributed by atoms with E-state index in [-0.39, 0.29) is 12.8 Å². The van der Waals surface area contributed by atoms with Crippen LogP contribution in [0.5, 0.6) is 0 Å². The van der Waals surface area contributed by atoms with Crippen LogP contribution in [-0.4, -0.2) is 42.0 Å². The van der Waals surface area contributed by atoms with E-state index in [1.54, 1.807) is 30.3 Å². The van der Waals surface area contributed by atoms with Crippen molar-refractivity contribution in [1.82, 2.24) is 10.2 Å². The maximum absolute atomic E-state index is 12.7. The fourth-order valence-corrected chi connectivity index (χ4v) is 2.39. The average molecular weight is 300 g/mol. The van der Waals surface area contributed by atoms with Crippen LogP contribution in [0.3, 0.4) is 0 Å². The minimum absolute atomic E-state index is 0.0219. The maximum Gasteiger partial charge on any atom is 0.408 e. The van der Waals surface area contributed by atoms with E-state index in [1.807, 2.05) is 0 Å². The Bertz CT molecular complexity index is 531. The monoisotopic (exact) mass is 300 g/mol. The predicted molar refractivity (Wildman–Crippen MR) is 69.5 cm³/mol. The lowest BCUT2D eigenvalue weighted by molar-refractivity contribution is -0.194. The van der Waals surface area contributed by atoms with Gasteiger partial charge < -0.3 is 10.2 Å². The zero-order valence-electron chi connectivity index (χ0n) is 11.4. The van der Waals surface area contributed by atoms with Crippen LogP contribution in [-0.2, 0) is 4.79 Å². The molecule has 0 spiro atoms. The third kappa shape index (κ3) is 3.34. The SMILES string of the molecule is CN1C(=O)[C@H](NC(=O)c2ccccc2)CC[C@@H]1C(F)(F)F. The first-order valence-electron chi connectivity index (χ1n) is 6.50. The van der Waals surface area contributed by atoms with E-state index in [1.165, 1.54) is 0 Å². The lowest BCUT2D eigenvalue weighted by Crippen LogP contribution is -2.58. The number of benzene rings is 1. The van der Waals surface area contributed by atoms with Crippen LogP contribution < -0.4 is 5.32 Å². The predicted octanol–water partition coefficient (Wildman–Crippen LogP) is 1.97. The van der Waals surface area contributed by atoms with E-state index in [0.717, 1.165) is 7.05 Å². The third-order valence-electron chi connectivity index (χ3n) is 3.56. The maximum atomic E-state index is 12.7. The number of hydrogen-bond acceptors (Lipinski definition) is 2. The Morgan fingerprint density at radius 1 is 1.24 bits per heavy atom. The molecule has 4 nitrogen and oxygen atoms in total. The van der Waals surface area contributed by atoms with Crippen molar-refractivity contribution in [2.45, 2.75) is 31.1 Å². The van der Waals surface area contributed by atoms with Gasteiger partial charge in [0.25, 0.3) is 5.91 Å². The molecule has 0 unspecified atom stereocenters. The van der Waals surface area contributed by atoms with Gasteiger partial charge >= 0.3 is 6.18 Å². The van der Waals surface area contributed by atoms with Crippen molar-refractivity contribution in [3.63, 3.8) is 0 Å². The topological polar surface area (TPSA) is 49.4 Å². The molecule has 0 aliphatic carbocycles. The molecule has 2 rings (SSSR count).